The Labute approximate surface area is 210 Å². The van der Waals surface area contributed by atoms with Crippen LogP contribution in [-0.4, -0.2) is 57.1 Å². The molecule has 0 aliphatic carbocycles. The third kappa shape index (κ3) is 14.0. The van der Waals surface area contributed by atoms with Crippen LogP contribution in [-0.2, 0) is 19.1 Å². The molecule has 0 bridgehead atoms. The Morgan fingerprint density at radius 1 is 1.18 bits per heavy atom. The SMILES string of the molecule is CCCCCC(O)CCN1C(=O)CSC1CCCCCCC(=O)OC(C)=CC(=O)NC(C)(C)C. The molecule has 0 aromatic carbocycles. The molecule has 0 aromatic rings. The Kier molecular flexibility index (Phi) is 14.5. The zero-order valence-electron chi connectivity index (χ0n) is 21.9. The summed E-state index contributed by atoms with van der Waals surface area (Å²) in [6, 6.07) is 0. The Morgan fingerprint density at radius 2 is 1.88 bits per heavy atom. The maximum Gasteiger partial charge on any atom is 0.310 e. The summed E-state index contributed by atoms with van der Waals surface area (Å²) in [7, 11) is 0. The number of carbonyl (C=O) groups excluding carboxylic acids is 3. The van der Waals surface area contributed by atoms with Crippen molar-refractivity contribution in [3.8, 4) is 0 Å². The molecule has 2 unspecified atom stereocenters. The van der Waals surface area contributed by atoms with Crippen molar-refractivity contribution in [3.63, 3.8) is 0 Å². The highest BCUT2D eigenvalue weighted by Crippen LogP contribution is 2.29. The number of allylic oxidation sites excluding steroid dienone is 1. The summed E-state index contributed by atoms with van der Waals surface area (Å²) in [5, 5.41) is 13.2. The van der Waals surface area contributed by atoms with Crippen molar-refractivity contribution in [1.82, 2.24) is 10.2 Å². The summed E-state index contributed by atoms with van der Waals surface area (Å²) in [4.78, 5) is 38.0. The van der Waals surface area contributed by atoms with Crippen molar-refractivity contribution in [2.75, 3.05) is 12.3 Å². The smallest absolute Gasteiger partial charge is 0.310 e. The van der Waals surface area contributed by atoms with E-state index in [1.165, 1.54) is 6.08 Å². The molecule has 7 nitrogen and oxygen atoms in total. The number of carbonyl (C=O) groups is 3. The van der Waals surface area contributed by atoms with E-state index in [1.807, 2.05) is 25.7 Å². The van der Waals surface area contributed by atoms with Crippen LogP contribution in [0.25, 0.3) is 0 Å². The van der Waals surface area contributed by atoms with Crippen LogP contribution in [0.5, 0.6) is 0 Å². The van der Waals surface area contributed by atoms with Gasteiger partial charge in [0.05, 0.1) is 17.2 Å². The fraction of sp³-hybridized carbons (Fsp3) is 0.808. The zero-order valence-corrected chi connectivity index (χ0v) is 22.7. The molecule has 196 valence electrons. The highest BCUT2D eigenvalue weighted by atomic mass is 32.2. The number of nitrogens with one attached hydrogen (secondary N) is 1. The van der Waals surface area contributed by atoms with Gasteiger partial charge in [-0.05, 0) is 53.4 Å². The van der Waals surface area contributed by atoms with E-state index in [1.54, 1.807) is 18.7 Å². The lowest BCUT2D eigenvalue weighted by Crippen LogP contribution is -2.39. The van der Waals surface area contributed by atoms with E-state index in [0.29, 0.717) is 30.9 Å². The largest absolute Gasteiger partial charge is 0.431 e. The van der Waals surface area contributed by atoms with Crippen molar-refractivity contribution in [1.29, 1.82) is 0 Å². The van der Waals surface area contributed by atoms with Gasteiger partial charge in [-0.3, -0.25) is 14.4 Å². The summed E-state index contributed by atoms with van der Waals surface area (Å²) in [6.07, 6.45) is 10.7. The number of aliphatic hydroxyl groups excluding tert-OH is 1. The Hall–Kier alpha value is -1.54. The van der Waals surface area contributed by atoms with Crippen LogP contribution >= 0.6 is 11.8 Å². The van der Waals surface area contributed by atoms with Crippen LogP contribution < -0.4 is 5.32 Å². The van der Waals surface area contributed by atoms with Crippen molar-refractivity contribution in [3.05, 3.63) is 11.8 Å². The highest BCUT2D eigenvalue weighted by Gasteiger charge is 2.31. The maximum atomic E-state index is 12.2. The first-order valence-corrected chi connectivity index (χ1v) is 13.9. The van der Waals surface area contributed by atoms with Crippen LogP contribution in [0.15, 0.2) is 11.8 Å². The number of rotatable bonds is 16. The van der Waals surface area contributed by atoms with Gasteiger partial charge in [0, 0.05) is 24.6 Å². The predicted octanol–water partition coefficient (Wildman–Crippen LogP) is 4.92. The molecule has 2 N–H and O–H groups in total. The van der Waals surface area contributed by atoms with Crippen LogP contribution in [0, 0.1) is 0 Å². The molecule has 0 spiro atoms. The number of aliphatic hydroxyl groups is 1. The molecule has 1 saturated heterocycles. The van der Waals surface area contributed by atoms with Gasteiger partial charge < -0.3 is 20.1 Å². The normalized spacial score (nSPS) is 17.7. The second kappa shape index (κ2) is 16.2. The van der Waals surface area contributed by atoms with E-state index < -0.39 is 0 Å². The summed E-state index contributed by atoms with van der Waals surface area (Å²) in [6.45, 7) is 10.1. The zero-order chi connectivity index (χ0) is 25.6. The Balaban J connectivity index is 2.21. The van der Waals surface area contributed by atoms with Crippen molar-refractivity contribution < 1.29 is 24.2 Å². The van der Waals surface area contributed by atoms with E-state index in [4.69, 9.17) is 4.74 Å². The minimum Gasteiger partial charge on any atom is -0.431 e. The first kappa shape index (κ1) is 30.5. The molecule has 0 radical (unpaired) electrons. The van der Waals surface area contributed by atoms with Gasteiger partial charge in [-0.2, -0.15) is 0 Å². The molecule has 2 amide bonds. The molecule has 1 fully saturated rings. The average molecular weight is 499 g/mol. The van der Waals surface area contributed by atoms with Gasteiger partial charge >= 0.3 is 5.97 Å². The molecule has 2 atom stereocenters. The summed E-state index contributed by atoms with van der Waals surface area (Å²) >= 11 is 1.70. The average Bonchev–Trinajstić information content (AvgIpc) is 3.06. The quantitative estimate of drug-likeness (QED) is 0.136. The van der Waals surface area contributed by atoms with E-state index >= 15 is 0 Å². The third-order valence-electron chi connectivity index (χ3n) is 5.60. The van der Waals surface area contributed by atoms with Crippen LogP contribution in [0.2, 0.25) is 0 Å². The maximum absolute atomic E-state index is 12.2. The second-order valence-corrected chi connectivity index (χ2v) is 11.4. The molecule has 0 aromatic heterocycles. The fourth-order valence-electron chi connectivity index (χ4n) is 3.86. The number of amides is 2. The highest BCUT2D eigenvalue weighted by molar-refractivity contribution is 8.00. The number of esters is 1. The number of hydrogen-bond donors (Lipinski definition) is 2. The lowest BCUT2D eigenvalue weighted by atomic mass is 10.1. The van der Waals surface area contributed by atoms with Gasteiger partial charge in [-0.25, -0.2) is 0 Å². The number of nitrogens with zero attached hydrogens (tertiary/aromatic N) is 1. The van der Waals surface area contributed by atoms with Crippen molar-refractivity contribution >= 4 is 29.5 Å². The van der Waals surface area contributed by atoms with Gasteiger partial charge in [-0.15, -0.1) is 11.8 Å². The first-order valence-electron chi connectivity index (χ1n) is 12.8. The lowest BCUT2D eigenvalue weighted by molar-refractivity contribution is -0.139. The summed E-state index contributed by atoms with van der Waals surface area (Å²) in [5.41, 5.74) is -0.339. The molecule has 1 rings (SSSR count). The van der Waals surface area contributed by atoms with Gasteiger partial charge in [-0.1, -0.05) is 45.4 Å². The van der Waals surface area contributed by atoms with E-state index in [0.717, 1.165) is 57.8 Å². The van der Waals surface area contributed by atoms with Gasteiger partial charge in [0.1, 0.15) is 5.76 Å². The minimum atomic E-state index is -0.339. The lowest BCUT2D eigenvalue weighted by Gasteiger charge is -2.25. The van der Waals surface area contributed by atoms with Crippen molar-refractivity contribution in [2.45, 2.75) is 122 Å². The van der Waals surface area contributed by atoms with Crippen molar-refractivity contribution in [2.24, 2.45) is 0 Å². The molecule has 8 heteroatoms. The van der Waals surface area contributed by atoms with Gasteiger partial charge in [0.2, 0.25) is 11.8 Å². The van der Waals surface area contributed by atoms with Gasteiger partial charge in [0.25, 0.3) is 0 Å². The molecule has 0 saturated carbocycles. The van der Waals surface area contributed by atoms with E-state index in [9.17, 15) is 19.5 Å². The third-order valence-corrected chi connectivity index (χ3v) is 6.89. The number of thioether (sulfide) groups is 1. The molecule has 1 aliphatic rings. The molecular formula is C26H46N2O5S. The number of ether oxygens (including phenoxy) is 1. The van der Waals surface area contributed by atoms with Gasteiger partial charge in [0.15, 0.2) is 0 Å². The van der Waals surface area contributed by atoms with E-state index in [-0.39, 0.29) is 34.8 Å². The topological polar surface area (TPSA) is 95.9 Å². The second-order valence-electron chi connectivity index (χ2n) is 10.2. The first-order chi connectivity index (χ1) is 16.0. The van der Waals surface area contributed by atoms with Crippen LogP contribution in [0.1, 0.15) is 105 Å². The van der Waals surface area contributed by atoms with E-state index in [2.05, 4.69) is 12.2 Å². The fourth-order valence-corrected chi connectivity index (χ4v) is 5.10. The number of hydrogen-bond acceptors (Lipinski definition) is 6. The monoisotopic (exact) mass is 498 g/mol. The molecular weight excluding hydrogens is 452 g/mol. The number of unbranched alkanes of at least 4 members (excludes halogenated alkanes) is 5. The summed E-state index contributed by atoms with van der Waals surface area (Å²) in [5.74, 6) is 0.408. The predicted molar refractivity (Wildman–Crippen MR) is 138 cm³/mol. The van der Waals surface area contributed by atoms with Crippen LogP contribution in [0.4, 0.5) is 0 Å². The molecule has 34 heavy (non-hydrogen) atoms. The Bertz CT molecular complexity index is 675. The summed E-state index contributed by atoms with van der Waals surface area (Å²) < 4.78 is 5.22. The van der Waals surface area contributed by atoms with Crippen LogP contribution in [0.3, 0.4) is 0 Å². The molecule has 1 heterocycles. The minimum absolute atomic E-state index is 0.179. The standard InChI is InChI=1S/C26H46N2O5S/c1-6-7-10-13-21(29)16-17-28-23(31)19-34-24(28)14-11-8-9-12-15-25(32)33-20(2)18-22(30)27-26(3,4)5/h18,21,24,29H,6-17,19H2,1-5H3,(H,27,30). The Morgan fingerprint density at radius 3 is 2.56 bits per heavy atom. The molecule has 1 aliphatic heterocycles.